The van der Waals surface area contributed by atoms with Crippen LogP contribution in [0.5, 0.6) is 5.75 Å². The third-order valence-electron chi connectivity index (χ3n) is 4.38. The molecule has 0 saturated carbocycles. The molecule has 0 bridgehead atoms. The van der Waals surface area contributed by atoms with E-state index in [1.54, 1.807) is 51.1 Å². The van der Waals surface area contributed by atoms with Crippen LogP contribution in [-0.2, 0) is 16.0 Å². The van der Waals surface area contributed by atoms with Gasteiger partial charge in [0.1, 0.15) is 11.3 Å². The second-order valence-electron chi connectivity index (χ2n) is 7.14. The molecule has 0 N–H and O–H groups in total. The number of aryl methyl sites for hydroxylation is 2. The molecule has 0 fully saturated rings. The molecule has 0 unspecified atom stereocenters. The van der Waals surface area contributed by atoms with E-state index in [0.29, 0.717) is 33.5 Å². The van der Waals surface area contributed by atoms with Crippen LogP contribution in [0.15, 0.2) is 51.7 Å². The molecule has 6 nitrogen and oxygen atoms in total. The van der Waals surface area contributed by atoms with Crippen molar-refractivity contribution in [3.05, 3.63) is 74.6 Å². The second-order valence-corrected chi connectivity index (χ2v) is 7.58. The fourth-order valence-corrected chi connectivity index (χ4v) is 3.11. The number of rotatable bonds is 6. The minimum Gasteiger partial charge on any atom is -0.463 e. The van der Waals surface area contributed by atoms with E-state index in [-0.39, 0.29) is 24.2 Å². The fourth-order valence-electron chi connectivity index (χ4n) is 2.98. The molecule has 0 saturated heterocycles. The van der Waals surface area contributed by atoms with Gasteiger partial charge in [0.15, 0.2) is 0 Å². The van der Waals surface area contributed by atoms with Gasteiger partial charge in [0.25, 0.3) is 0 Å². The monoisotopic (exact) mass is 428 g/mol. The van der Waals surface area contributed by atoms with Crippen LogP contribution in [0.1, 0.15) is 41.8 Å². The number of ether oxygens (including phenoxy) is 2. The molecule has 2 aromatic carbocycles. The van der Waals surface area contributed by atoms with E-state index < -0.39 is 11.6 Å². The summed E-state index contributed by atoms with van der Waals surface area (Å²) < 4.78 is 16.0. The molecule has 0 aliphatic rings. The van der Waals surface area contributed by atoms with Crippen LogP contribution in [-0.4, -0.2) is 18.0 Å². The summed E-state index contributed by atoms with van der Waals surface area (Å²) in [5, 5.41) is 1.20. The van der Waals surface area contributed by atoms with Crippen molar-refractivity contribution in [1.82, 2.24) is 0 Å². The molecule has 0 amide bonds. The number of hydrogen-bond donors (Lipinski definition) is 0. The number of carbonyl (C=O) groups excluding carboxylic acids is 2. The topological polar surface area (TPSA) is 82.8 Å². The predicted octanol–water partition coefficient (Wildman–Crippen LogP) is 4.86. The molecule has 7 heteroatoms. The van der Waals surface area contributed by atoms with Crippen LogP contribution in [0.3, 0.4) is 0 Å². The molecule has 30 heavy (non-hydrogen) atoms. The Morgan fingerprint density at radius 2 is 1.80 bits per heavy atom. The quantitative estimate of drug-likeness (QED) is 0.317. The van der Waals surface area contributed by atoms with Crippen LogP contribution < -0.4 is 10.4 Å². The zero-order valence-electron chi connectivity index (χ0n) is 16.9. The van der Waals surface area contributed by atoms with Gasteiger partial charge in [-0.05, 0) is 68.7 Å². The van der Waals surface area contributed by atoms with Crippen molar-refractivity contribution >= 4 is 34.5 Å². The molecular weight excluding hydrogens is 408 g/mol. The molecule has 156 valence electrons. The molecule has 0 spiro atoms. The van der Waals surface area contributed by atoms with Crippen molar-refractivity contribution in [3.8, 4) is 5.75 Å². The SMILES string of the molecule is Cc1cc(=O)oc2cc(OC(=O)c3ccc(Cl)cc3)c(CCC(=O)OC(C)C)cc12. The summed E-state index contributed by atoms with van der Waals surface area (Å²) in [7, 11) is 0. The van der Waals surface area contributed by atoms with Gasteiger partial charge in [-0.25, -0.2) is 9.59 Å². The van der Waals surface area contributed by atoms with Crippen molar-refractivity contribution in [2.24, 2.45) is 0 Å². The van der Waals surface area contributed by atoms with E-state index in [1.807, 2.05) is 0 Å². The minimum atomic E-state index is -0.591. The van der Waals surface area contributed by atoms with Crippen LogP contribution in [0.25, 0.3) is 11.0 Å². The normalized spacial score (nSPS) is 11.0. The molecule has 0 atom stereocenters. The lowest BCUT2D eigenvalue weighted by molar-refractivity contribution is -0.147. The molecule has 1 heterocycles. The van der Waals surface area contributed by atoms with Gasteiger partial charge < -0.3 is 13.9 Å². The summed E-state index contributed by atoms with van der Waals surface area (Å²) in [4.78, 5) is 36.3. The highest BCUT2D eigenvalue weighted by Gasteiger charge is 2.17. The van der Waals surface area contributed by atoms with Crippen molar-refractivity contribution in [1.29, 1.82) is 0 Å². The summed E-state index contributed by atoms with van der Waals surface area (Å²) in [5.74, 6) is -0.725. The summed E-state index contributed by atoms with van der Waals surface area (Å²) in [6.07, 6.45) is 0.196. The Labute approximate surface area is 178 Å². The van der Waals surface area contributed by atoms with Crippen LogP contribution in [0, 0.1) is 6.92 Å². The highest BCUT2D eigenvalue weighted by atomic mass is 35.5. The lowest BCUT2D eigenvalue weighted by Crippen LogP contribution is -2.13. The van der Waals surface area contributed by atoms with E-state index in [9.17, 15) is 14.4 Å². The third-order valence-corrected chi connectivity index (χ3v) is 4.63. The largest absolute Gasteiger partial charge is 0.463 e. The highest BCUT2D eigenvalue weighted by molar-refractivity contribution is 6.30. The lowest BCUT2D eigenvalue weighted by Gasteiger charge is -2.13. The summed E-state index contributed by atoms with van der Waals surface area (Å²) in [5.41, 5.74) is 1.47. The summed E-state index contributed by atoms with van der Waals surface area (Å²) in [6, 6.07) is 10.9. The maximum absolute atomic E-state index is 12.6. The Morgan fingerprint density at radius 3 is 2.47 bits per heavy atom. The molecule has 1 aromatic heterocycles. The Morgan fingerprint density at radius 1 is 1.10 bits per heavy atom. The summed E-state index contributed by atoms with van der Waals surface area (Å²) >= 11 is 5.87. The Balaban J connectivity index is 1.96. The second kappa shape index (κ2) is 9.13. The maximum atomic E-state index is 12.6. The first-order valence-electron chi connectivity index (χ1n) is 9.47. The fraction of sp³-hybridized carbons (Fsp3) is 0.261. The van der Waals surface area contributed by atoms with Gasteiger partial charge in [0.05, 0.1) is 11.7 Å². The first-order chi connectivity index (χ1) is 14.2. The van der Waals surface area contributed by atoms with Crippen LogP contribution in [0.4, 0.5) is 0 Å². The van der Waals surface area contributed by atoms with E-state index in [2.05, 4.69) is 0 Å². The van der Waals surface area contributed by atoms with Crippen LogP contribution in [0.2, 0.25) is 5.02 Å². The standard InChI is InChI=1S/C23H21ClO6/c1-13(2)28-21(25)9-6-16-11-18-14(3)10-22(26)29-20(18)12-19(16)30-23(27)15-4-7-17(24)8-5-15/h4-5,7-8,10-13H,6,9H2,1-3H3. The Hall–Kier alpha value is -3.12. The first-order valence-corrected chi connectivity index (χ1v) is 9.85. The van der Waals surface area contributed by atoms with Gasteiger partial charge in [-0.3, -0.25) is 4.79 Å². The third kappa shape index (κ3) is 5.27. The van der Waals surface area contributed by atoms with Crippen molar-refractivity contribution in [3.63, 3.8) is 0 Å². The van der Waals surface area contributed by atoms with Crippen molar-refractivity contribution in [2.75, 3.05) is 0 Å². The Kier molecular flexibility index (Phi) is 6.57. The zero-order valence-corrected chi connectivity index (χ0v) is 17.6. The zero-order chi connectivity index (χ0) is 21.8. The number of carbonyl (C=O) groups is 2. The Bertz CT molecular complexity index is 1140. The van der Waals surface area contributed by atoms with Gasteiger partial charge in [0, 0.05) is 29.0 Å². The smallest absolute Gasteiger partial charge is 0.343 e. The van der Waals surface area contributed by atoms with Gasteiger partial charge in [0.2, 0.25) is 0 Å². The average molecular weight is 429 g/mol. The predicted molar refractivity (Wildman–Crippen MR) is 113 cm³/mol. The molecule has 3 aromatic rings. The highest BCUT2D eigenvalue weighted by Crippen LogP contribution is 2.29. The van der Waals surface area contributed by atoms with Crippen LogP contribution >= 0.6 is 11.6 Å². The van der Waals surface area contributed by atoms with Gasteiger partial charge in [-0.2, -0.15) is 0 Å². The number of fused-ring (bicyclic) bond motifs is 1. The van der Waals surface area contributed by atoms with E-state index in [4.69, 9.17) is 25.5 Å². The van der Waals surface area contributed by atoms with E-state index in [0.717, 1.165) is 5.56 Å². The maximum Gasteiger partial charge on any atom is 0.343 e. The van der Waals surface area contributed by atoms with Crippen molar-refractivity contribution in [2.45, 2.75) is 39.7 Å². The van der Waals surface area contributed by atoms with E-state index in [1.165, 1.54) is 12.1 Å². The molecule has 0 radical (unpaired) electrons. The van der Waals surface area contributed by atoms with Crippen molar-refractivity contribution < 1.29 is 23.5 Å². The number of benzene rings is 2. The molecule has 0 aliphatic heterocycles. The molecular formula is C23H21ClO6. The van der Waals surface area contributed by atoms with Gasteiger partial charge in [-0.15, -0.1) is 0 Å². The number of esters is 2. The average Bonchev–Trinajstić information content (AvgIpc) is 2.66. The summed E-state index contributed by atoms with van der Waals surface area (Å²) in [6.45, 7) is 5.34. The number of halogens is 1. The number of hydrogen-bond acceptors (Lipinski definition) is 6. The molecule has 3 rings (SSSR count). The first kappa shape index (κ1) is 21.6. The lowest BCUT2D eigenvalue weighted by atomic mass is 10.0. The molecule has 0 aliphatic carbocycles. The van der Waals surface area contributed by atoms with Gasteiger partial charge in [-0.1, -0.05) is 11.6 Å². The minimum absolute atomic E-state index is 0.116. The van der Waals surface area contributed by atoms with E-state index >= 15 is 0 Å². The van der Waals surface area contributed by atoms with Gasteiger partial charge >= 0.3 is 17.6 Å².